The summed E-state index contributed by atoms with van der Waals surface area (Å²) in [6.45, 7) is 6.54. The SMILES string of the molecule is CC(C)[C@H](C)N(C(=O)N[C@H](c1nccs1)C1CC1)C1CC1. The highest BCUT2D eigenvalue weighted by molar-refractivity contribution is 7.09. The number of nitrogens with one attached hydrogen (secondary N) is 1. The molecule has 1 aromatic rings. The van der Waals surface area contributed by atoms with Gasteiger partial charge < -0.3 is 10.2 Å². The van der Waals surface area contributed by atoms with E-state index >= 15 is 0 Å². The third-order valence-corrected chi connectivity index (χ3v) is 5.53. The second kappa shape index (κ2) is 5.95. The Morgan fingerprint density at radius 2 is 2.05 bits per heavy atom. The average molecular weight is 307 g/mol. The lowest BCUT2D eigenvalue weighted by molar-refractivity contribution is 0.152. The molecule has 2 aliphatic carbocycles. The summed E-state index contributed by atoms with van der Waals surface area (Å²) in [5.74, 6) is 1.06. The van der Waals surface area contributed by atoms with Crippen molar-refractivity contribution < 1.29 is 4.79 Å². The van der Waals surface area contributed by atoms with Crippen LogP contribution in [0.5, 0.6) is 0 Å². The number of amides is 2. The van der Waals surface area contributed by atoms with Crippen LogP contribution in [0.25, 0.3) is 0 Å². The molecular weight excluding hydrogens is 282 g/mol. The zero-order valence-corrected chi connectivity index (χ0v) is 13.9. The monoisotopic (exact) mass is 307 g/mol. The Balaban J connectivity index is 1.70. The Morgan fingerprint density at radius 3 is 2.52 bits per heavy atom. The van der Waals surface area contributed by atoms with Crippen molar-refractivity contribution in [1.29, 1.82) is 0 Å². The Kier molecular flexibility index (Phi) is 4.20. The van der Waals surface area contributed by atoms with Crippen LogP contribution in [0, 0.1) is 11.8 Å². The normalized spacial score (nSPS) is 21.1. The number of urea groups is 1. The first-order valence-corrected chi connectivity index (χ1v) is 8.94. The van der Waals surface area contributed by atoms with E-state index in [1.54, 1.807) is 11.3 Å². The van der Waals surface area contributed by atoms with E-state index in [2.05, 4.69) is 36.0 Å². The number of hydrogen-bond donors (Lipinski definition) is 1. The second-order valence-electron chi connectivity index (χ2n) is 6.76. The van der Waals surface area contributed by atoms with Crippen molar-refractivity contribution in [2.24, 2.45) is 11.8 Å². The molecule has 1 heterocycles. The van der Waals surface area contributed by atoms with E-state index in [1.165, 1.54) is 12.8 Å². The molecule has 2 saturated carbocycles. The third-order valence-electron chi connectivity index (χ3n) is 4.67. The maximum atomic E-state index is 12.8. The van der Waals surface area contributed by atoms with Gasteiger partial charge in [-0.3, -0.25) is 0 Å². The predicted molar refractivity (Wildman–Crippen MR) is 85.3 cm³/mol. The van der Waals surface area contributed by atoms with E-state index < -0.39 is 0 Å². The fourth-order valence-electron chi connectivity index (χ4n) is 2.76. The Hall–Kier alpha value is -1.10. The first-order chi connectivity index (χ1) is 10.1. The molecule has 0 bridgehead atoms. The van der Waals surface area contributed by atoms with Gasteiger partial charge in [0.25, 0.3) is 0 Å². The lowest BCUT2D eigenvalue weighted by Gasteiger charge is -2.33. The molecule has 0 radical (unpaired) electrons. The topological polar surface area (TPSA) is 45.2 Å². The quantitative estimate of drug-likeness (QED) is 0.868. The minimum Gasteiger partial charge on any atom is -0.328 e. The summed E-state index contributed by atoms with van der Waals surface area (Å²) < 4.78 is 0. The molecule has 5 heteroatoms. The molecule has 0 aliphatic heterocycles. The van der Waals surface area contributed by atoms with Gasteiger partial charge in [-0.2, -0.15) is 0 Å². The Bertz CT molecular complexity index is 480. The summed E-state index contributed by atoms with van der Waals surface area (Å²) in [5.41, 5.74) is 0. The molecule has 2 amide bonds. The van der Waals surface area contributed by atoms with Gasteiger partial charge in [0, 0.05) is 23.7 Å². The van der Waals surface area contributed by atoms with Crippen LogP contribution < -0.4 is 5.32 Å². The first kappa shape index (κ1) is 14.8. The molecule has 1 N–H and O–H groups in total. The minimum absolute atomic E-state index is 0.103. The molecule has 2 atom stereocenters. The zero-order chi connectivity index (χ0) is 15.0. The smallest absolute Gasteiger partial charge is 0.318 e. The van der Waals surface area contributed by atoms with E-state index in [0.29, 0.717) is 17.9 Å². The number of rotatable bonds is 6. The van der Waals surface area contributed by atoms with E-state index in [4.69, 9.17) is 0 Å². The Morgan fingerprint density at radius 1 is 1.33 bits per heavy atom. The number of carbonyl (C=O) groups excluding carboxylic acids is 1. The molecule has 116 valence electrons. The number of carbonyl (C=O) groups is 1. The highest BCUT2D eigenvalue weighted by atomic mass is 32.1. The summed E-state index contributed by atoms with van der Waals surface area (Å²) in [6.07, 6.45) is 6.53. The van der Waals surface area contributed by atoms with Crippen LogP contribution >= 0.6 is 11.3 Å². The van der Waals surface area contributed by atoms with Gasteiger partial charge in [-0.25, -0.2) is 9.78 Å². The molecule has 0 saturated heterocycles. The molecule has 4 nitrogen and oxygen atoms in total. The lowest BCUT2D eigenvalue weighted by Crippen LogP contribution is -2.49. The predicted octanol–water partition coefficient (Wildman–Crippen LogP) is 3.81. The number of nitrogens with zero attached hydrogens (tertiary/aromatic N) is 2. The second-order valence-corrected chi connectivity index (χ2v) is 7.68. The van der Waals surface area contributed by atoms with Crippen molar-refractivity contribution in [3.8, 4) is 0 Å². The lowest BCUT2D eigenvalue weighted by atomic mass is 10.0. The molecule has 21 heavy (non-hydrogen) atoms. The van der Waals surface area contributed by atoms with Gasteiger partial charge in [0.1, 0.15) is 5.01 Å². The molecule has 2 aliphatic rings. The van der Waals surface area contributed by atoms with Crippen molar-refractivity contribution in [1.82, 2.24) is 15.2 Å². The summed E-state index contributed by atoms with van der Waals surface area (Å²) in [4.78, 5) is 19.3. The Labute approximate surface area is 130 Å². The van der Waals surface area contributed by atoms with Crippen LogP contribution in [0.3, 0.4) is 0 Å². The van der Waals surface area contributed by atoms with Gasteiger partial charge in [0.05, 0.1) is 6.04 Å². The van der Waals surface area contributed by atoms with Crippen LogP contribution in [0.4, 0.5) is 4.79 Å². The van der Waals surface area contributed by atoms with Crippen molar-refractivity contribution in [2.75, 3.05) is 0 Å². The van der Waals surface area contributed by atoms with E-state index in [9.17, 15) is 4.79 Å². The van der Waals surface area contributed by atoms with Gasteiger partial charge >= 0.3 is 6.03 Å². The van der Waals surface area contributed by atoms with Crippen molar-refractivity contribution in [2.45, 2.75) is 64.6 Å². The van der Waals surface area contributed by atoms with Crippen LogP contribution in [0.2, 0.25) is 0 Å². The van der Waals surface area contributed by atoms with Crippen molar-refractivity contribution in [3.63, 3.8) is 0 Å². The van der Waals surface area contributed by atoms with Crippen LogP contribution in [0.15, 0.2) is 11.6 Å². The molecule has 0 spiro atoms. The molecule has 1 aromatic heterocycles. The minimum atomic E-state index is 0.103. The van der Waals surface area contributed by atoms with Crippen molar-refractivity contribution in [3.05, 3.63) is 16.6 Å². The van der Waals surface area contributed by atoms with Crippen LogP contribution in [-0.4, -0.2) is 28.0 Å². The highest BCUT2D eigenvalue weighted by Gasteiger charge is 2.40. The molecule has 0 aromatic carbocycles. The van der Waals surface area contributed by atoms with E-state index in [0.717, 1.165) is 17.8 Å². The van der Waals surface area contributed by atoms with Gasteiger partial charge in [-0.05, 0) is 44.4 Å². The zero-order valence-electron chi connectivity index (χ0n) is 13.1. The van der Waals surface area contributed by atoms with Crippen LogP contribution in [0.1, 0.15) is 57.5 Å². The maximum Gasteiger partial charge on any atom is 0.318 e. The van der Waals surface area contributed by atoms with Gasteiger partial charge in [-0.1, -0.05) is 13.8 Å². The van der Waals surface area contributed by atoms with Crippen molar-refractivity contribution >= 4 is 17.4 Å². The summed E-state index contributed by atoms with van der Waals surface area (Å²) in [6, 6.07) is 0.941. The number of hydrogen-bond acceptors (Lipinski definition) is 3. The standard InChI is InChI=1S/C16H25N3OS/c1-10(2)11(3)19(13-6-7-13)16(20)18-14(12-4-5-12)15-17-8-9-21-15/h8-14H,4-7H2,1-3H3,(H,18,20)/t11-,14-/m0/s1. The average Bonchev–Trinajstić information content (AvgIpc) is 3.36. The van der Waals surface area contributed by atoms with Gasteiger partial charge in [0.15, 0.2) is 0 Å². The number of aromatic nitrogens is 1. The summed E-state index contributed by atoms with van der Waals surface area (Å²) in [7, 11) is 0. The molecule has 2 fully saturated rings. The van der Waals surface area contributed by atoms with Gasteiger partial charge in [0.2, 0.25) is 0 Å². The fourth-order valence-corrected chi connectivity index (χ4v) is 3.54. The fraction of sp³-hybridized carbons (Fsp3) is 0.750. The van der Waals surface area contributed by atoms with Gasteiger partial charge in [-0.15, -0.1) is 11.3 Å². The number of thiazole rings is 1. The highest BCUT2D eigenvalue weighted by Crippen LogP contribution is 2.42. The largest absolute Gasteiger partial charge is 0.328 e. The van der Waals surface area contributed by atoms with E-state index in [1.807, 2.05) is 11.6 Å². The maximum absolute atomic E-state index is 12.8. The van der Waals surface area contributed by atoms with Crippen LogP contribution in [-0.2, 0) is 0 Å². The summed E-state index contributed by atoms with van der Waals surface area (Å²) >= 11 is 1.65. The van der Waals surface area contributed by atoms with E-state index in [-0.39, 0.29) is 18.1 Å². The molecule has 0 unspecified atom stereocenters. The third kappa shape index (κ3) is 3.39. The summed E-state index contributed by atoms with van der Waals surface area (Å²) in [5, 5.41) is 6.32. The first-order valence-electron chi connectivity index (χ1n) is 8.06. The molecule has 3 rings (SSSR count). The molecular formula is C16H25N3OS.